The van der Waals surface area contributed by atoms with Crippen LogP contribution in [-0.2, 0) is 17.6 Å². The topological polar surface area (TPSA) is 68.5 Å². The van der Waals surface area contributed by atoms with Crippen LogP contribution in [0.5, 0.6) is 5.75 Å². The summed E-state index contributed by atoms with van der Waals surface area (Å²) >= 11 is 0. The van der Waals surface area contributed by atoms with Gasteiger partial charge in [-0.1, -0.05) is 19.0 Å². The van der Waals surface area contributed by atoms with Crippen LogP contribution in [0, 0.1) is 33.6 Å². The number of aromatic nitrogens is 2. The Labute approximate surface area is 180 Å². The molecular weight excluding hydrogens is 398 g/mol. The number of benzene rings is 1. The Morgan fingerprint density at radius 3 is 2.40 bits per heavy atom. The molecule has 0 saturated heterocycles. The van der Waals surface area contributed by atoms with Gasteiger partial charge in [0.25, 0.3) is 0 Å². The highest BCUT2D eigenvalue weighted by atomic mass is 32.2. The van der Waals surface area contributed by atoms with Crippen LogP contribution in [0.25, 0.3) is 0 Å². The van der Waals surface area contributed by atoms with Gasteiger partial charge in [-0.2, -0.15) is 0 Å². The van der Waals surface area contributed by atoms with Gasteiger partial charge in [-0.25, -0.2) is 4.21 Å². The Morgan fingerprint density at radius 1 is 1.13 bits per heavy atom. The first-order valence-electron chi connectivity index (χ1n) is 10.0. The molecule has 160 valence electrons. The second kappa shape index (κ2) is 9.43. The Kier molecular flexibility index (Phi) is 6.92. The molecule has 3 aromatic rings. The molecule has 2 heterocycles. The number of aryl methyl sites for hydroxylation is 4. The maximum atomic E-state index is 13.4. The van der Waals surface area contributed by atoms with E-state index in [0.717, 1.165) is 38.9 Å². The zero-order valence-electron chi connectivity index (χ0n) is 18.4. The average molecular weight is 428 g/mol. The van der Waals surface area contributed by atoms with Crippen molar-refractivity contribution in [2.45, 2.75) is 53.0 Å². The summed E-state index contributed by atoms with van der Waals surface area (Å²) in [6, 6.07) is 9.41. The number of ether oxygens (including phenoxy) is 1. The van der Waals surface area contributed by atoms with Gasteiger partial charge in [-0.15, -0.1) is 0 Å². The molecule has 2 aromatic heterocycles. The van der Waals surface area contributed by atoms with E-state index in [-0.39, 0.29) is 0 Å². The van der Waals surface area contributed by atoms with Crippen LogP contribution in [-0.4, -0.2) is 20.9 Å². The summed E-state index contributed by atoms with van der Waals surface area (Å²) in [7, 11) is -1.35. The van der Waals surface area contributed by atoms with Crippen molar-refractivity contribution < 1.29 is 13.5 Å². The van der Waals surface area contributed by atoms with Crippen LogP contribution in [0.4, 0.5) is 5.69 Å². The van der Waals surface area contributed by atoms with E-state index < -0.39 is 11.0 Å². The molecule has 0 saturated carbocycles. The molecule has 0 amide bonds. The van der Waals surface area contributed by atoms with Gasteiger partial charge < -0.3 is 9.26 Å². The first kappa shape index (κ1) is 22.0. The van der Waals surface area contributed by atoms with Gasteiger partial charge in [0.1, 0.15) is 18.1 Å². The van der Waals surface area contributed by atoms with Crippen LogP contribution in [0.3, 0.4) is 0 Å². The number of nitrogens with zero attached hydrogens (tertiary/aromatic N) is 3. The second-order valence-electron chi connectivity index (χ2n) is 7.88. The SMILES string of the molecule is Cc1cc(C)c(N(CC(C)C)S(=O)c2ccc(OCc3c(C)noc3C)cc2)cn1. The van der Waals surface area contributed by atoms with E-state index in [0.29, 0.717) is 24.8 Å². The number of hydrogen-bond acceptors (Lipinski definition) is 5. The summed E-state index contributed by atoms with van der Waals surface area (Å²) in [5, 5.41) is 3.94. The third-order valence-corrected chi connectivity index (χ3v) is 6.23. The first-order chi connectivity index (χ1) is 14.3. The van der Waals surface area contributed by atoms with E-state index in [1.54, 1.807) is 0 Å². The minimum Gasteiger partial charge on any atom is -0.489 e. The zero-order valence-corrected chi connectivity index (χ0v) is 19.2. The van der Waals surface area contributed by atoms with Gasteiger partial charge in [0.2, 0.25) is 0 Å². The highest BCUT2D eigenvalue weighted by Gasteiger charge is 2.20. The van der Waals surface area contributed by atoms with Gasteiger partial charge in [0.15, 0.2) is 11.0 Å². The fourth-order valence-corrected chi connectivity index (χ4v) is 4.61. The number of rotatable bonds is 8. The molecule has 0 radical (unpaired) electrons. The van der Waals surface area contributed by atoms with E-state index in [1.807, 2.05) is 68.5 Å². The Balaban J connectivity index is 1.78. The monoisotopic (exact) mass is 427 g/mol. The predicted octanol–water partition coefficient (Wildman–Crippen LogP) is 5.07. The smallest absolute Gasteiger partial charge is 0.152 e. The summed E-state index contributed by atoms with van der Waals surface area (Å²) in [5.41, 5.74) is 4.69. The maximum absolute atomic E-state index is 13.4. The molecule has 0 aliphatic rings. The van der Waals surface area contributed by atoms with Crippen LogP contribution in [0.1, 0.15) is 42.1 Å². The van der Waals surface area contributed by atoms with Crippen molar-refractivity contribution in [2.75, 3.05) is 10.8 Å². The number of anilines is 1. The third kappa shape index (κ3) is 5.08. The van der Waals surface area contributed by atoms with Crippen LogP contribution >= 0.6 is 0 Å². The van der Waals surface area contributed by atoms with Crippen LogP contribution in [0.2, 0.25) is 0 Å². The molecule has 1 unspecified atom stereocenters. The molecule has 0 aliphatic carbocycles. The largest absolute Gasteiger partial charge is 0.489 e. The lowest BCUT2D eigenvalue weighted by Crippen LogP contribution is -2.30. The highest BCUT2D eigenvalue weighted by molar-refractivity contribution is 7.86. The summed E-state index contributed by atoms with van der Waals surface area (Å²) in [5.74, 6) is 1.82. The van der Waals surface area contributed by atoms with Crippen molar-refractivity contribution >= 4 is 16.7 Å². The normalized spacial score (nSPS) is 12.2. The van der Waals surface area contributed by atoms with Crippen molar-refractivity contribution in [1.29, 1.82) is 0 Å². The van der Waals surface area contributed by atoms with Crippen molar-refractivity contribution in [2.24, 2.45) is 5.92 Å². The Morgan fingerprint density at radius 2 is 1.83 bits per heavy atom. The van der Waals surface area contributed by atoms with Gasteiger partial charge in [-0.05, 0) is 69.5 Å². The Bertz CT molecular complexity index is 1010. The quantitative estimate of drug-likeness (QED) is 0.502. The molecular formula is C23H29N3O3S. The Hall–Kier alpha value is -2.67. The summed E-state index contributed by atoms with van der Waals surface area (Å²) in [4.78, 5) is 5.13. The molecule has 0 fully saturated rings. The number of hydrogen-bond donors (Lipinski definition) is 0. The van der Waals surface area contributed by atoms with E-state index in [4.69, 9.17) is 9.26 Å². The van der Waals surface area contributed by atoms with Gasteiger partial charge in [-0.3, -0.25) is 9.29 Å². The first-order valence-corrected chi connectivity index (χ1v) is 11.1. The van der Waals surface area contributed by atoms with Gasteiger partial charge in [0, 0.05) is 12.2 Å². The number of pyridine rings is 1. The van der Waals surface area contributed by atoms with E-state index in [2.05, 4.69) is 24.0 Å². The lowest BCUT2D eigenvalue weighted by molar-refractivity contribution is 0.301. The average Bonchev–Trinajstić information content (AvgIpc) is 3.02. The maximum Gasteiger partial charge on any atom is 0.152 e. The van der Waals surface area contributed by atoms with Crippen LogP contribution in [0.15, 0.2) is 45.9 Å². The van der Waals surface area contributed by atoms with Crippen molar-refractivity contribution in [3.8, 4) is 5.75 Å². The lowest BCUT2D eigenvalue weighted by atomic mass is 10.2. The molecule has 0 aliphatic heterocycles. The summed E-state index contributed by atoms with van der Waals surface area (Å²) in [6.45, 7) is 13.0. The minimum absolute atomic E-state index is 0.354. The molecule has 0 spiro atoms. The van der Waals surface area contributed by atoms with E-state index >= 15 is 0 Å². The van der Waals surface area contributed by atoms with Crippen molar-refractivity contribution in [3.05, 3.63) is 64.8 Å². The summed E-state index contributed by atoms with van der Waals surface area (Å²) in [6.07, 6.45) is 1.81. The molecule has 6 nitrogen and oxygen atoms in total. The predicted molar refractivity (Wildman–Crippen MR) is 119 cm³/mol. The van der Waals surface area contributed by atoms with Gasteiger partial charge >= 0.3 is 0 Å². The molecule has 3 rings (SSSR count). The van der Waals surface area contributed by atoms with Crippen molar-refractivity contribution in [3.63, 3.8) is 0 Å². The molecule has 1 aromatic carbocycles. The van der Waals surface area contributed by atoms with Crippen LogP contribution < -0.4 is 9.04 Å². The molecule has 30 heavy (non-hydrogen) atoms. The third-order valence-electron chi connectivity index (χ3n) is 4.81. The standard InChI is InChI=1S/C23H29N3O3S/c1-15(2)13-26(23-12-24-17(4)11-16(23)3)30(27)21-9-7-20(8-10-21)28-14-22-18(5)25-29-19(22)6/h7-12,15H,13-14H2,1-6H3. The lowest BCUT2D eigenvalue weighted by Gasteiger charge is -2.26. The fraction of sp³-hybridized carbons (Fsp3) is 0.391. The summed E-state index contributed by atoms with van der Waals surface area (Å²) < 4.78 is 26.4. The van der Waals surface area contributed by atoms with Crippen molar-refractivity contribution in [1.82, 2.24) is 10.1 Å². The van der Waals surface area contributed by atoms with Gasteiger partial charge in [0.05, 0.1) is 28.0 Å². The highest BCUT2D eigenvalue weighted by Crippen LogP contribution is 2.26. The fourth-order valence-electron chi connectivity index (χ4n) is 3.18. The molecule has 1 atom stereocenters. The van der Waals surface area contributed by atoms with E-state index in [1.165, 1.54) is 0 Å². The minimum atomic E-state index is -1.35. The molecule has 0 bridgehead atoms. The zero-order chi connectivity index (χ0) is 21.8. The second-order valence-corrected chi connectivity index (χ2v) is 9.29. The molecule has 0 N–H and O–H groups in total. The molecule has 7 heteroatoms. The van der Waals surface area contributed by atoms with E-state index in [9.17, 15) is 4.21 Å².